The maximum absolute atomic E-state index is 6.07. The molecule has 0 aliphatic carbocycles. The van der Waals surface area contributed by atoms with Gasteiger partial charge in [0.1, 0.15) is 5.82 Å². The summed E-state index contributed by atoms with van der Waals surface area (Å²) in [5, 5.41) is 4.99. The number of morpholine rings is 1. The Hall–Kier alpha value is -2.67. The monoisotopic (exact) mass is 324 g/mol. The molecular weight excluding hydrogens is 304 g/mol. The molecule has 1 aromatic carbocycles. The molecule has 3 heterocycles. The Morgan fingerprint density at radius 3 is 2.92 bits per heavy atom. The van der Waals surface area contributed by atoms with Crippen LogP contribution >= 0.6 is 0 Å². The quantitative estimate of drug-likeness (QED) is 0.784. The second-order valence-electron chi connectivity index (χ2n) is 6.04. The van der Waals surface area contributed by atoms with Crippen molar-refractivity contribution in [2.45, 2.75) is 12.5 Å². The summed E-state index contributed by atoms with van der Waals surface area (Å²) in [6, 6.07) is 10.4. The Morgan fingerprint density at radius 2 is 2.08 bits per heavy atom. The number of benzene rings is 1. The van der Waals surface area contributed by atoms with Crippen LogP contribution in [0.15, 0.2) is 36.5 Å². The molecule has 0 saturated carbocycles. The Kier molecular flexibility index (Phi) is 3.78. The van der Waals surface area contributed by atoms with Crippen LogP contribution in [-0.4, -0.2) is 45.5 Å². The molecule has 0 unspecified atom stereocenters. The molecule has 124 valence electrons. The first kappa shape index (κ1) is 14.9. The van der Waals surface area contributed by atoms with Crippen LogP contribution in [0.3, 0.4) is 0 Å². The van der Waals surface area contributed by atoms with Crippen molar-refractivity contribution in [3.05, 3.63) is 42.1 Å². The molecule has 1 fully saturated rings. The number of rotatable bonds is 3. The third kappa shape index (κ3) is 2.78. The lowest BCUT2D eigenvalue weighted by Crippen LogP contribution is -2.44. The molecule has 7 heteroatoms. The lowest BCUT2D eigenvalue weighted by Gasteiger charge is -2.33. The second kappa shape index (κ2) is 6.09. The number of nitrogens with two attached hydrogens (primary N) is 1. The lowest BCUT2D eigenvalue weighted by molar-refractivity contribution is 0.0405. The minimum absolute atomic E-state index is 0.119. The summed E-state index contributed by atoms with van der Waals surface area (Å²) >= 11 is 0. The van der Waals surface area contributed by atoms with Crippen molar-refractivity contribution < 1.29 is 4.74 Å². The molecule has 1 aliphatic rings. The fourth-order valence-electron chi connectivity index (χ4n) is 3.07. The first-order chi connectivity index (χ1) is 11.7. The number of hydrogen-bond donors (Lipinski definition) is 1. The predicted octanol–water partition coefficient (Wildman–Crippen LogP) is 1.39. The Morgan fingerprint density at radius 1 is 1.25 bits per heavy atom. The molecule has 2 N–H and O–H groups in total. The van der Waals surface area contributed by atoms with Crippen LogP contribution in [0, 0.1) is 0 Å². The van der Waals surface area contributed by atoms with Crippen LogP contribution in [0.1, 0.15) is 5.56 Å². The van der Waals surface area contributed by atoms with E-state index < -0.39 is 0 Å². The molecule has 0 bridgehead atoms. The van der Waals surface area contributed by atoms with Crippen molar-refractivity contribution in [3.63, 3.8) is 0 Å². The molecule has 24 heavy (non-hydrogen) atoms. The highest BCUT2D eigenvalue weighted by Gasteiger charge is 2.24. The number of nitrogens with zero attached hydrogens (tertiary/aromatic N) is 5. The molecule has 0 spiro atoms. The van der Waals surface area contributed by atoms with Gasteiger partial charge in [0, 0.05) is 26.6 Å². The molecular formula is C17H20N6O. The summed E-state index contributed by atoms with van der Waals surface area (Å²) in [6.45, 7) is 2.16. The van der Waals surface area contributed by atoms with E-state index in [-0.39, 0.29) is 6.10 Å². The molecule has 2 aromatic heterocycles. The van der Waals surface area contributed by atoms with Gasteiger partial charge in [-0.05, 0) is 5.56 Å². The van der Waals surface area contributed by atoms with E-state index in [1.807, 2.05) is 13.1 Å². The van der Waals surface area contributed by atoms with Gasteiger partial charge in [0.05, 0.1) is 24.3 Å². The van der Waals surface area contributed by atoms with Crippen molar-refractivity contribution in [3.8, 4) is 0 Å². The van der Waals surface area contributed by atoms with Crippen LogP contribution in [0.4, 0.5) is 11.8 Å². The molecule has 1 atom stereocenters. The zero-order valence-electron chi connectivity index (χ0n) is 13.6. The molecule has 0 radical (unpaired) electrons. The number of aryl methyl sites for hydroxylation is 1. The summed E-state index contributed by atoms with van der Waals surface area (Å²) in [7, 11) is 1.86. The van der Waals surface area contributed by atoms with Gasteiger partial charge in [0.15, 0.2) is 5.65 Å². The number of ether oxygens (including phenoxy) is 1. The van der Waals surface area contributed by atoms with Crippen LogP contribution < -0.4 is 10.6 Å². The van der Waals surface area contributed by atoms with E-state index in [1.165, 1.54) is 5.56 Å². The molecule has 7 nitrogen and oxygen atoms in total. The highest BCUT2D eigenvalue weighted by molar-refractivity contribution is 5.86. The summed E-state index contributed by atoms with van der Waals surface area (Å²) in [6.07, 6.45) is 2.69. The van der Waals surface area contributed by atoms with Gasteiger partial charge < -0.3 is 15.4 Å². The van der Waals surface area contributed by atoms with Crippen molar-refractivity contribution in [1.29, 1.82) is 0 Å². The average molecular weight is 324 g/mol. The van der Waals surface area contributed by atoms with E-state index in [0.29, 0.717) is 18.4 Å². The minimum Gasteiger partial charge on any atom is -0.383 e. The van der Waals surface area contributed by atoms with Crippen LogP contribution in [-0.2, 0) is 18.2 Å². The third-order valence-electron chi connectivity index (χ3n) is 4.34. The SMILES string of the molecule is Cn1ncc2c(N)nc(N3CCO[C@@H](Cc4ccccc4)C3)nc21. The van der Waals surface area contributed by atoms with E-state index in [1.54, 1.807) is 10.9 Å². The van der Waals surface area contributed by atoms with Crippen molar-refractivity contribution in [2.24, 2.45) is 7.05 Å². The van der Waals surface area contributed by atoms with Gasteiger partial charge in [0.2, 0.25) is 5.95 Å². The van der Waals surface area contributed by atoms with Gasteiger partial charge in [-0.1, -0.05) is 30.3 Å². The van der Waals surface area contributed by atoms with E-state index >= 15 is 0 Å². The largest absolute Gasteiger partial charge is 0.383 e. The van der Waals surface area contributed by atoms with Gasteiger partial charge in [0.25, 0.3) is 0 Å². The smallest absolute Gasteiger partial charge is 0.229 e. The van der Waals surface area contributed by atoms with E-state index in [4.69, 9.17) is 10.5 Å². The van der Waals surface area contributed by atoms with Crippen LogP contribution in [0.5, 0.6) is 0 Å². The summed E-state index contributed by atoms with van der Waals surface area (Å²) in [5.41, 5.74) is 8.10. The van der Waals surface area contributed by atoms with Crippen LogP contribution in [0.2, 0.25) is 0 Å². The molecule has 1 saturated heterocycles. The van der Waals surface area contributed by atoms with Crippen molar-refractivity contribution >= 4 is 22.8 Å². The molecule has 0 amide bonds. The minimum atomic E-state index is 0.119. The maximum Gasteiger partial charge on any atom is 0.229 e. The zero-order chi connectivity index (χ0) is 16.5. The second-order valence-corrected chi connectivity index (χ2v) is 6.04. The van der Waals surface area contributed by atoms with Gasteiger partial charge in [-0.3, -0.25) is 4.68 Å². The highest BCUT2D eigenvalue weighted by Crippen LogP contribution is 2.22. The lowest BCUT2D eigenvalue weighted by atomic mass is 10.1. The first-order valence-corrected chi connectivity index (χ1v) is 8.06. The zero-order valence-corrected chi connectivity index (χ0v) is 13.6. The van der Waals surface area contributed by atoms with E-state index in [2.05, 4.69) is 44.2 Å². The topological polar surface area (TPSA) is 82.1 Å². The fourth-order valence-corrected chi connectivity index (χ4v) is 3.07. The number of hydrogen-bond acceptors (Lipinski definition) is 6. The number of anilines is 2. The van der Waals surface area contributed by atoms with Crippen molar-refractivity contribution in [1.82, 2.24) is 19.7 Å². The van der Waals surface area contributed by atoms with E-state index in [9.17, 15) is 0 Å². The number of nitrogen functional groups attached to an aromatic ring is 1. The normalized spacial score (nSPS) is 18.2. The van der Waals surface area contributed by atoms with Crippen molar-refractivity contribution in [2.75, 3.05) is 30.3 Å². The average Bonchev–Trinajstić information content (AvgIpc) is 2.98. The number of fused-ring (bicyclic) bond motifs is 1. The Labute approximate surface area is 140 Å². The standard InChI is InChI=1S/C17H20N6O/c1-22-16-14(10-19-22)15(18)20-17(21-16)23-7-8-24-13(11-23)9-12-5-3-2-4-6-12/h2-6,10,13H,7-9,11H2,1H3,(H2,18,20,21)/t13-/m0/s1. The summed E-state index contributed by atoms with van der Waals surface area (Å²) < 4.78 is 7.64. The summed E-state index contributed by atoms with van der Waals surface area (Å²) in [4.78, 5) is 11.2. The van der Waals surface area contributed by atoms with Gasteiger partial charge in [-0.15, -0.1) is 0 Å². The number of aromatic nitrogens is 4. The predicted molar refractivity (Wildman–Crippen MR) is 92.8 cm³/mol. The fraction of sp³-hybridized carbons (Fsp3) is 0.353. The van der Waals surface area contributed by atoms with Gasteiger partial charge >= 0.3 is 0 Å². The molecule has 4 rings (SSSR count). The first-order valence-electron chi connectivity index (χ1n) is 8.06. The van der Waals surface area contributed by atoms with Gasteiger partial charge in [-0.2, -0.15) is 15.1 Å². The Bertz CT molecular complexity index is 847. The van der Waals surface area contributed by atoms with Gasteiger partial charge in [-0.25, -0.2) is 0 Å². The summed E-state index contributed by atoms with van der Waals surface area (Å²) in [5.74, 6) is 1.11. The highest BCUT2D eigenvalue weighted by atomic mass is 16.5. The molecule has 3 aromatic rings. The Balaban J connectivity index is 1.56. The third-order valence-corrected chi connectivity index (χ3v) is 4.34. The maximum atomic E-state index is 6.07. The molecule has 1 aliphatic heterocycles. The van der Waals surface area contributed by atoms with Crippen LogP contribution in [0.25, 0.3) is 11.0 Å². The van der Waals surface area contributed by atoms with E-state index in [0.717, 1.165) is 30.5 Å².